The van der Waals surface area contributed by atoms with Crippen molar-refractivity contribution in [3.05, 3.63) is 59.8 Å². The summed E-state index contributed by atoms with van der Waals surface area (Å²) < 4.78 is 36.9. The van der Waals surface area contributed by atoms with Crippen LogP contribution in [0.4, 0.5) is 14.6 Å². The van der Waals surface area contributed by atoms with Crippen LogP contribution in [0, 0.1) is 11.3 Å². The zero-order valence-corrected chi connectivity index (χ0v) is 22.0. The predicted octanol–water partition coefficient (Wildman–Crippen LogP) is 5.21. The van der Waals surface area contributed by atoms with Crippen LogP contribution in [0.3, 0.4) is 0 Å². The lowest BCUT2D eigenvalue weighted by atomic mass is 10.0. The highest BCUT2D eigenvalue weighted by Gasteiger charge is 2.25. The standard InChI is InChI=1S/C25H27F2N7O2Si/c1-33-24(30-14-31-33)25(35)32-21-11-20-19(13-29-21)18(12-28)22(16-7-5-6-8-17(16)23(26)27)34(20)15-36-9-10-37(2,3)4/h5-8,11,13-14,23H,9-10,15H2,1-4H3,(H,29,32,35). The highest BCUT2D eigenvalue weighted by Crippen LogP contribution is 2.38. The normalized spacial score (nSPS) is 11.7. The minimum atomic E-state index is -2.73. The first-order chi connectivity index (χ1) is 17.6. The SMILES string of the molecule is Cn1ncnc1C(=O)Nc1cc2c(cn1)c(C#N)c(-c1ccccc1C(F)F)n2COCC[Si](C)(C)C. The second kappa shape index (κ2) is 10.6. The van der Waals surface area contributed by atoms with Gasteiger partial charge in [-0.2, -0.15) is 10.4 Å². The summed E-state index contributed by atoms with van der Waals surface area (Å²) >= 11 is 0. The predicted molar refractivity (Wildman–Crippen MR) is 138 cm³/mol. The Kier molecular flexibility index (Phi) is 7.47. The summed E-state index contributed by atoms with van der Waals surface area (Å²) in [5.74, 6) is -0.212. The molecule has 0 atom stereocenters. The number of nitriles is 1. The van der Waals surface area contributed by atoms with E-state index in [1.165, 1.54) is 29.3 Å². The average molecular weight is 524 g/mol. The molecule has 0 unspecified atom stereocenters. The summed E-state index contributed by atoms with van der Waals surface area (Å²) in [6.45, 7) is 7.23. The molecule has 37 heavy (non-hydrogen) atoms. The van der Waals surface area contributed by atoms with Crippen molar-refractivity contribution < 1.29 is 18.3 Å². The van der Waals surface area contributed by atoms with Crippen molar-refractivity contribution >= 4 is 30.7 Å². The number of aromatic nitrogens is 5. The van der Waals surface area contributed by atoms with Crippen LogP contribution in [0.5, 0.6) is 0 Å². The Balaban J connectivity index is 1.83. The number of nitrogens with zero attached hydrogens (tertiary/aromatic N) is 6. The van der Waals surface area contributed by atoms with E-state index >= 15 is 0 Å². The zero-order chi connectivity index (χ0) is 26.7. The summed E-state index contributed by atoms with van der Waals surface area (Å²) in [5, 5.41) is 17.1. The Labute approximate surface area is 213 Å². The molecule has 0 aliphatic carbocycles. The topological polar surface area (TPSA) is 111 Å². The van der Waals surface area contributed by atoms with E-state index < -0.39 is 20.4 Å². The number of pyridine rings is 1. The largest absolute Gasteiger partial charge is 0.361 e. The molecule has 1 amide bonds. The van der Waals surface area contributed by atoms with E-state index in [0.29, 0.717) is 23.2 Å². The van der Waals surface area contributed by atoms with Gasteiger partial charge in [0.25, 0.3) is 12.3 Å². The number of ether oxygens (including phenoxy) is 1. The van der Waals surface area contributed by atoms with E-state index in [0.717, 1.165) is 6.04 Å². The molecule has 12 heteroatoms. The molecule has 3 heterocycles. The lowest BCUT2D eigenvalue weighted by Gasteiger charge is -2.18. The molecule has 0 aliphatic rings. The number of fused-ring (bicyclic) bond motifs is 1. The van der Waals surface area contributed by atoms with Crippen LogP contribution in [-0.4, -0.2) is 44.9 Å². The molecule has 192 valence electrons. The number of nitrogens with one attached hydrogen (secondary N) is 1. The monoisotopic (exact) mass is 523 g/mol. The first-order valence-electron chi connectivity index (χ1n) is 11.6. The van der Waals surface area contributed by atoms with Crippen molar-refractivity contribution in [2.24, 2.45) is 7.05 Å². The van der Waals surface area contributed by atoms with Crippen LogP contribution >= 0.6 is 0 Å². The van der Waals surface area contributed by atoms with Crippen LogP contribution in [-0.2, 0) is 18.5 Å². The van der Waals surface area contributed by atoms with Crippen LogP contribution in [0.2, 0.25) is 25.7 Å². The van der Waals surface area contributed by atoms with E-state index in [1.54, 1.807) is 29.8 Å². The summed E-state index contributed by atoms with van der Waals surface area (Å²) in [5.41, 5.74) is 1.10. The minimum Gasteiger partial charge on any atom is -0.361 e. The van der Waals surface area contributed by atoms with Gasteiger partial charge < -0.3 is 14.6 Å². The Morgan fingerprint density at radius 2 is 2.00 bits per heavy atom. The molecule has 1 aromatic carbocycles. The number of rotatable bonds is 9. The van der Waals surface area contributed by atoms with Gasteiger partial charge in [0.2, 0.25) is 5.82 Å². The van der Waals surface area contributed by atoms with Gasteiger partial charge in [0.05, 0.1) is 16.8 Å². The Morgan fingerprint density at radius 1 is 1.24 bits per heavy atom. The van der Waals surface area contributed by atoms with Crippen LogP contribution in [0.25, 0.3) is 22.2 Å². The molecule has 0 aliphatic heterocycles. The number of hydrogen-bond donors (Lipinski definition) is 1. The summed E-state index contributed by atoms with van der Waals surface area (Å²) in [6, 6.07) is 10.8. The Bertz CT molecular complexity index is 1480. The molecule has 4 rings (SSSR count). The van der Waals surface area contributed by atoms with Gasteiger partial charge in [-0.05, 0) is 6.04 Å². The maximum atomic E-state index is 14.0. The first kappa shape index (κ1) is 26.1. The van der Waals surface area contributed by atoms with Gasteiger partial charge in [0.15, 0.2) is 0 Å². The number of aryl methyl sites for hydroxylation is 1. The number of carbonyl (C=O) groups excluding carboxylic acids is 1. The van der Waals surface area contributed by atoms with Crippen LogP contribution in [0.15, 0.2) is 42.9 Å². The third kappa shape index (κ3) is 5.57. The number of hydrogen-bond acceptors (Lipinski definition) is 6. The molecule has 0 radical (unpaired) electrons. The molecule has 0 bridgehead atoms. The fourth-order valence-corrected chi connectivity index (χ4v) is 4.71. The van der Waals surface area contributed by atoms with Crippen molar-refractivity contribution in [1.29, 1.82) is 5.26 Å². The van der Waals surface area contributed by atoms with Gasteiger partial charge in [-0.15, -0.1) is 0 Å². The number of halogens is 2. The molecule has 0 saturated heterocycles. The Morgan fingerprint density at radius 3 is 2.65 bits per heavy atom. The van der Waals surface area contributed by atoms with Gasteiger partial charge in [0, 0.05) is 50.5 Å². The Hall–Kier alpha value is -3.95. The fourth-order valence-electron chi connectivity index (χ4n) is 3.95. The zero-order valence-electron chi connectivity index (χ0n) is 21.0. The van der Waals surface area contributed by atoms with E-state index in [1.807, 2.05) is 0 Å². The smallest absolute Gasteiger partial charge is 0.294 e. The van der Waals surface area contributed by atoms with Crippen molar-refractivity contribution in [2.75, 3.05) is 11.9 Å². The van der Waals surface area contributed by atoms with E-state index in [-0.39, 0.29) is 35.1 Å². The van der Waals surface area contributed by atoms with Crippen molar-refractivity contribution in [1.82, 2.24) is 24.3 Å². The molecular formula is C25H27F2N7O2Si. The number of carbonyl (C=O) groups is 1. The third-order valence-corrected chi connectivity index (χ3v) is 7.59. The average Bonchev–Trinajstić information content (AvgIpc) is 3.41. The van der Waals surface area contributed by atoms with Gasteiger partial charge in [-0.1, -0.05) is 43.9 Å². The number of amides is 1. The third-order valence-electron chi connectivity index (χ3n) is 5.88. The quantitative estimate of drug-likeness (QED) is 0.238. The molecule has 4 aromatic rings. The second-order valence-electron chi connectivity index (χ2n) is 9.75. The molecule has 0 fully saturated rings. The van der Waals surface area contributed by atoms with Crippen molar-refractivity contribution in [3.8, 4) is 17.3 Å². The van der Waals surface area contributed by atoms with Gasteiger partial charge in [-0.3, -0.25) is 4.79 Å². The number of alkyl halides is 2. The highest BCUT2D eigenvalue weighted by molar-refractivity contribution is 6.76. The molecule has 0 spiro atoms. The maximum absolute atomic E-state index is 14.0. The molecule has 3 aromatic heterocycles. The molecular weight excluding hydrogens is 496 g/mol. The van der Waals surface area contributed by atoms with Gasteiger partial charge in [0.1, 0.15) is 24.9 Å². The lowest BCUT2D eigenvalue weighted by molar-refractivity contribution is 0.0911. The lowest BCUT2D eigenvalue weighted by Crippen LogP contribution is -2.22. The fraction of sp³-hybridized carbons (Fsp3) is 0.320. The summed E-state index contributed by atoms with van der Waals surface area (Å²) in [6.07, 6.45) is -0.0189. The van der Waals surface area contributed by atoms with Crippen molar-refractivity contribution in [2.45, 2.75) is 38.8 Å². The summed E-state index contributed by atoms with van der Waals surface area (Å²) in [7, 11) is 0.224. The van der Waals surface area contributed by atoms with E-state index in [4.69, 9.17) is 4.74 Å². The molecule has 9 nitrogen and oxygen atoms in total. The highest BCUT2D eigenvalue weighted by atomic mass is 28.3. The second-order valence-corrected chi connectivity index (χ2v) is 15.4. The van der Waals surface area contributed by atoms with E-state index in [9.17, 15) is 18.8 Å². The minimum absolute atomic E-state index is 0.0379. The van der Waals surface area contributed by atoms with Crippen LogP contribution < -0.4 is 5.32 Å². The van der Waals surface area contributed by atoms with Crippen molar-refractivity contribution in [3.63, 3.8) is 0 Å². The van der Waals surface area contributed by atoms with Gasteiger partial charge in [-0.25, -0.2) is 23.4 Å². The first-order valence-corrected chi connectivity index (χ1v) is 15.3. The number of anilines is 1. The number of benzene rings is 1. The van der Waals surface area contributed by atoms with Crippen LogP contribution in [0.1, 0.15) is 28.2 Å². The van der Waals surface area contributed by atoms with E-state index in [2.05, 4.69) is 46.1 Å². The van der Waals surface area contributed by atoms with Gasteiger partial charge >= 0.3 is 0 Å². The summed E-state index contributed by atoms with van der Waals surface area (Å²) in [4.78, 5) is 20.9. The molecule has 1 N–H and O–H groups in total. The molecule has 0 saturated carbocycles. The maximum Gasteiger partial charge on any atom is 0.294 e.